The Morgan fingerprint density at radius 1 is 1.00 bits per heavy atom. The van der Waals surface area contributed by atoms with Crippen LogP contribution >= 0.6 is 0 Å². The highest BCUT2D eigenvalue weighted by Gasteiger charge is 2.53. The molecule has 98 valence electrons. The number of aryl methyl sites for hydroxylation is 2. The molecular formula is C17H25N. The Kier molecular flexibility index (Phi) is 3.19. The minimum absolute atomic E-state index is 0.580. The van der Waals surface area contributed by atoms with Crippen molar-refractivity contribution in [3.05, 3.63) is 34.9 Å². The molecule has 0 spiro atoms. The van der Waals surface area contributed by atoms with Crippen molar-refractivity contribution >= 4 is 0 Å². The number of rotatable bonds is 3. The van der Waals surface area contributed by atoms with Crippen LogP contribution in [-0.2, 0) is 0 Å². The molecule has 0 bridgehead atoms. The zero-order valence-electron chi connectivity index (χ0n) is 11.9. The van der Waals surface area contributed by atoms with E-state index in [0.29, 0.717) is 6.04 Å². The lowest BCUT2D eigenvalue weighted by atomic mass is 9.96. The SMILES string of the molecule is CNC(c1cc(C)cc(C)c1)C1C2CCCCC21. The summed E-state index contributed by atoms with van der Waals surface area (Å²) < 4.78 is 0. The monoisotopic (exact) mass is 243 g/mol. The summed E-state index contributed by atoms with van der Waals surface area (Å²) in [6, 6.07) is 7.60. The largest absolute Gasteiger partial charge is 0.313 e. The van der Waals surface area contributed by atoms with Gasteiger partial charge < -0.3 is 5.32 Å². The molecule has 2 aliphatic carbocycles. The average molecular weight is 243 g/mol. The van der Waals surface area contributed by atoms with E-state index in [1.165, 1.54) is 42.4 Å². The molecule has 2 fully saturated rings. The Morgan fingerprint density at radius 3 is 2.06 bits per heavy atom. The first kappa shape index (κ1) is 12.2. The van der Waals surface area contributed by atoms with Crippen molar-refractivity contribution in [1.82, 2.24) is 5.32 Å². The Morgan fingerprint density at radius 2 is 1.56 bits per heavy atom. The van der Waals surface area contributed by atoms with E-state index in [4.69, 9.17) is 0 Å². The van der Waals surface area contributed by atoms with Gasteiger partial charge in [-0.2, -0.15) is 0 Å². The fraction of sp³-hybridized carbons (Fsp3) is 0.647. The molecule has 3 rings (SSSR count). The van der Waals surface area contributed by atoms with Gasteiger partial charge in [-0.1, -0.05) is 42.2 Å². The van der Waals surface area contributed by atoms with E-state index in [0.717, 1.165) is 17.8 Å². The summed E-state index contributed by atoms with van der Waals surface area (Å²) in [7, 11) is 2.13. The van der Waals surface area contributed by atoms with E-state index in [-0.39, 0.29) is 0 Å². The molecule has 0 radical (unpaired) electrons. The molecule has 0 aromatic heterocycles. The van der Waals surface area contributed by atoms with Crippen LogP contribution in [0.3, 0.4) is 0 Å². The van der Waals surface area contributed by atoms with Crippen LogP contribution < -0.4 is 5.32 Å². The van der Waals surface area contributed by atoms with Gasteiger partial charge in [-0.15, -0.1) is 0 Å². The predicted molar refractivity (Wildman–Crippen MR) is 76.7 cm³/mol. The fourth-order valence-corrected chi connectivity index (χ4v) is 4.31. The van der Waals surface area contributed by atoms with Gasteiger partial charge in [-0.05, 0) is 57.1 Å². The van der Waals surface area contributed by atoms with Crippen LogP contribution in [0, 0.1) is 31.6 Å². The number of hydrogen-bond donors (Lipinski definition) is 1. The third-order valence-corrected chi connectivity index (χ3v) is 5.02. The molecule has 0 amide bonds. The predicted octanol–water partition coefficient (Wildman–Crippen LogP) is 4.00. The number of nitrogens with one attached hydrogen (secondary N) is 1. The number of benzene rings is 1. The fourth-order valence-electron chi connectivity index (χ4n) is 4.31. The Labute approximate surface area is 111 Å². The second-order valence-corrected chi connectivity index (χ2v) is 6.38. The van der Waals surface area contributed by atoms with E-state index in [1.54, 1.807) is 0 Å². The van der Waals surface area contributed by atoms with E-state index < -0.39 is 0 Å². The van der Waals surface area contributed by atoms with Crippen molar-refractivity contribution in [1.29, 1.82) is 0 Å². The van der Waals surface area contributed by atoms with Gasteiger partial charge >= 0.3 is 0 Å². The molecule has 1 N–H and O–H groups in total. The zero-order chi connectivity index (χ0) is 12.7. The first-order chi connectivity index (χ1) is 8.70. The van der Waals surface area contributed by atoms with Crippen LogP contribution in [0.5, 0.6) is 0 Å². The number of hydrogen-bond acceptors (Lipinski definition) is 1. The van der Waals surface area contributed by atoms with Gasteiger partial charge in [0.25, 0.3) is 0 Å². The van der Waals surface area contributed by atoms with Crippen molar-refractivity contribution in [2.45, 2.75) is 45.6 Å². The molecule has 2 aliphatic rings. The highest BCUT2D eigenvalue weighted by molar-refractivity contribution is 5.32. The van der Waals surface area contributed by atoms with Gasteiger partial charge in [0.2, 0.25) is 0 Å². The second-order valence-electron chi connectivity index (χ2n) is 6.38. The molecule has 0 saturated heterocycles. The van der Waals surface area contributed by atoms with E-state index in [9.17, 15) is 0 Å². The van der Waals surface area contributed by atoms with E-state index >= 15 is 0 Å². The summed E-state index contributed by atoms with van der Waals surface area (Å²) in [6.45, 7) is 4.42. The van der Waals surface area contributed by atoms with Crippen LogP contribution in [0.1, 0.15) is 48.4 Å². The minimum atomic E-state index is 0.580. The molecular weight excluding hydrogens is 218 g/mol. The molecule has 2 saturated carbocycles. The first-order valence-electron chi connectivity index (χ1n) is 7.46. The molecule has 1 nitrogen and oxygen atoms in total. The van der Waals surface area contributed by atoms with Gasteiger partial charge in [0, 0.05) is 6.04 Å². The van der Waals surface area contributed by atoms with Gasteiger partial charge in [-0.3, -0.25) is 0 Å². The third-order valence-electron chi connectivity index (χ3n) is 5.02. The van der Waals surface area contributed by atoms with Crippen LogP contribution in [0.25, 0.3) is 0 Å². The van der Waals surface area contributed by atoms with Crippen molar-refractivity contribution in [2.24, 2.45) is 17.8 Å². The van der Waals surface area contributed by atoms with Crippen LogP contribution in [0.4, 0.5) is 0 Å². The second kappa shape index (κ2) is 4.70. The van der Waals surface area contributed by atoms with E-state index in [1.807, 2.05) is 0 Å². The first-order valence-corrected chi connectivity index (χ1v) is 7.46. The molecule has 1 aromatic rings. The van der Waals surface area contributed by atoms with Gasteiger partial charge in [-0.25, -0.2) is 0 Å². The maximum atomic E-state index is 3.59. The quantitative estimate of drug-likeness (QED) is 0.846. The number of fused-ring (bicyclic) bond motifs is 1. The van der Waals surface area contributed by atoms with Gasteiger partial charge in [0.1, 0.15) is 0 Å². The maximum Gasteiger partial charge on any atom is 0.0351 e. The Bertz CT molecular complexity index is 405. The van der Waals surface area contributed by atoms with Crippen LogP contribution in [-0.4, -0.2) is 7.05 Å². The maximum absolute atomic E-state index is 3.59. The lowest BCUT2D eigenvalue weighted by Crippen LogP contribution is -2.20. The zero-order valence-corrected chi connectivity index (χ0v) is 11.9. The van der Waals surface area contributed by atoms with Crippen molar-refractivity contribution in [3.63, 3.8) is 0 Å². The van der Waals surface area contributed by atoms with Gasteiger partial charge in [0.05, 0.1) is 0 Å². The Balaban J connectivity index is 1.84. The average Bonchev–Trinajstić information content (AvgIpc) is 3.04. The molecule has 0 heterocycles. The van der Waals surface area contributed by atoms with Crippen molar-refractivity contribution < 1.29 is 0 Å². The van der Waals surface area contributed by atoms with Crippen molar-refractivity contribution in [3.8, 4) is 0 Å². The standard InChI is InChI=1S/C17H25N/c1-11-8-12(2)10-13(9-11)17(18-3)16-14-6-4-5-7-15(14)16/h8-10,14-18H,4-7H2,1-3H3. The van der Waals surface area contributed by atoms with Crippen molar-refractivity contribution in [2.75, 3.05) is 7.05 Å². The minimum Gasteiger partial charge on any atom is -0.313 e. The summed E-state index contributed by atoms with van der Waals surface area (Å²) in [4.78, 5) is 0. The third kappa shape index (κ3) is 2.09. The molecule has 3 atom stereocenters. The van der Waals surface area contributed by atoms with Gasteiger partial charge in [0.15, 0.2) is 0 Å². The molecule has 1 aromatic carbocycles. The summed E-state index contributed by atoms with van der Waals surface area (Å²) >= 11 is 0. The summed E-state index contributed by atoms with van der Waals surface area (Å²) in [5.74, 6) is 2.92. The summed E-state index contributed by atoms with van der Waals surface area (Å²) in [6.07, 6.45) is 5.86. The highest BCUT2D eigenvalue weighted by Crippen LogP contribution is 2.60. The molecule has 0 aliphatic heterocycles. The van der Waals surface area contributed by atoms with E-state index in [2.05, 4.69) is 44.4 Å². The summed E-state index contributed by atoms with van der Waals surface area (Å²) in [5, 5.41) is 3.59. The van der Waals surface area contributed by atoms with Crippen LogP contribution in [0.2, 0.25) is 0 Å². The van der Waals surface area contributed by atoms with Crippen LogP contribution in [0.15, 0.2) is 18.2 Å². The lowest BCUT2D eigenvalue weighted by molar-refractivity contribution is 0.480. The highest BCUT2D eigenvalue weighted by atomic mass is 14.9. The molecule has 1 heteroatoms. The topological polar surface area (TPSA) is 12.0 Å². The normalized spacial score (nSPS) is 31.8. The molecule has 18 heavy (non-hydrogen) atoms. The lowest BCUT2D eigenvalue weighted by Gasteiger charge is -2.18. The smallest absolute Gasteiger partial charge is 0.0351 e. The Hall–Kier alpha value is -0.820. The summed E-state index contributed by atoms with van der Waals surface area (Å²) in [5.41, 5.74) is 4.30. The molecule has 3 unspecified atom stereocenters.